The molecule has 5 rings (SSSR count). The van der Waals surface area contributed by atoms with E-state index >= 15 is 0 Å². The fraction of sp³-hybridized carbons (Fsp3) is 0.647. The van der Waals surface area contributed by atoms with Gasteiger partial charge in [0.25, 0.3) is 0 Å². The quantitative estimate of drug-likeness (QED) is 0.787. The van der Waals surface area contributed by atoms with Crippen LogP contribution in [0.4, 0.5) is 0 Å². The average Bonchev–Trinajstić information content (AvgIpc) is 3.34. The van der Waals surface area contributed by atoms with Crippen LogP contribution < -0.4 is 0 Å². The number of nitrogens with zero attached hydrogens (tertiary/aromatic N) is 1. The second-order valence-corrected chi connectivity index (χ2v) is 9.26. The van der Waals surface area contributed by atoms with Gasteiger partial charge in [-0.1, -0.05) is 30.5 Å². The smallest absolute Gasteiger partial charge is 0.244 e. The molecule has 2 aliphatic heterocycles. The van der Waals surface area contributed by atoms with E-state index in [0.717, 1.165) is 44.1 Å². The lowest BCUT2D eigenvalue weighted by molar-refractivity contribution is 0.316. The molecule has 2 saturated carbocycles. The average molecular weight is 319 g/mol. The Bertz CT molecular complexity index is 718. The molecular weight excluding hydrogens is 298 g/mol. The number of sulfonamides is 1. The normalized spacial score (nSPS) is 45.4. The van der Waals surface area contributed by atoms with E-state index in [4.69, 9.17) is 4.74 Å². The molecule has 4 nitrogen and oxygen atoms in total. The number of benzene rings is 1. The molecule has 0 N–H and O–H groups in total. The summed E-state index contributed by atoms with van der Waals surface area (Å²) in [6.07, 6.45) is 6.72. The first-order valence-corrected chi connectivity index (χ1v) is 9.71. The van der Waals surface area contributed by atoms with Gasteiger partial charge >= 0.3 is 0 Å². The lowest BCUT2D eigenvalue weighted by atomic mass is 9.71. The van der Waals surface area contributed by atoms with Crippen molar-refractivity contribution in [3.05, 3.63) is 29.8 Å². The van der Waals surface area contributed by atoms with Gasteiger partial charge in [-0.25, -0.2) is 8.42 Å². The van der Waals surface area contributed by atoms with Crippen molar-refractivity contribution in [3.63, 3.8) is 0 Å². The van der Waals surface area contributed by atoms with Crippen LogP contribution >= 0.6 is 0 Å². The Balaban J connectivity index is 1.59. The maximum Gasteiger partial charge on any atom is 0.244 e. The SMILES string of the molecule is Cc1ccc(S(=O)(=O)N2[C@@]34CCCC[C@@]23C[C@@H]2O[C@@H]2C4)cc1. The highest BCUT2D eigenvalue weighted by atomic mass is 32.2. The summed E-state index contributed by atoms with van der Waals surface area (Å²) in [5.41, 5.74) is 0.796. The predicted octanol–water partition coefficient (Wildman–Crippen LogP) is 2.61. The third-order valence-electron chi connectivity index (χ3n) is 6.35. The van der Waals surface area contributed by atoms with Crippen molar-refractivity contribution in [2.45, 2.75) is 73.6 Å². The van der Waals surface area contributed by atoms with Crippen molar-refractivity contribution in [3.8, 4) is 0 Å². The highest BCUT2D eigenvalue weighted by Crippen LogP contribution is 2.71. The molecule has 0 bridgehead atoms. The van der Waals surface area contributed by atoms with Crippen molar-refractivity contribution >= 4 is 10.0 Å². The summed E-state index contributed by atoms with van der Waals surface area (Å²) in [6, 6.07) is 7.29. The second-order valence-electron chi connectivity index (χ2n) is 7.47. The Morgan fingerprint density at radius 2 is 1.59 bits per heavy atom. The minimum Gasteiger partial charge on any atom is -0.369 e. The molecule has 0 amide bonds. The van der Waals surface area contributed by atoms with Crippen LogP contribution in [0.15, 0.2) is 29.2 Å². The lowest BCUT2D eigenvalue weighted by Crippen LogP contribution is -2.36. The van der Waals surface area contributed by atoms with E-state index in [1.165, 1.54) is 0 Å². The van der Waals surface area contributed by atoms with Crippen molar-refractivity contribution in [2.75, 3.05) is 0 Å². The number of ether oxygens (including phenoxy) is 1. The number of epoxide rings is 1. The van der Waals surface area contributed by atoms with Gasteiger partial charge in [0.2, 0.25) is 10.0 Å². The Hall–Kier alpha value is -0.910. The Kier molecular flexibility index (Phi) is 2.42. The first-order valence-electron chi connectivity index (χ1n) is 8.27. The third-order valence-corrected chi connectivity index (χ3v) is 8.40. The van der Waals surface area contributed by atoms with Gasteiger partial charge in [-0.2, -0.15) is 4.31 Å². The molecule has 4 aliphatic rings. The van der Waals surface area contributed by atoms with E-state index < -0.39 is 10.0 Å². The van der Waals surface area contributed by atoms with E-state index in [1.54, 1.807) is 12.1 Å². The highest BCUT2D eigenvalue weighted by Gasteiger charge is 2.83. The maximum absolute atomic E-state index is 13.2. The minimum atomic E-state index is -3.39. The molecule has 4 fully saturated rings. The summed E-state index contributed by atoms with van der Waals surface area (Å²) in [5.74, 6) is 0. The van der Waals surface area contributed by atoms with Gasteiger partial charge in [-0.15, -0.1) is 0 Å². The van der Waals surface area contributed by atoms with Gasteiger partial charge in [-0.3, -0.25) is 0 Å². The molecule has 5 atom stereocenters. The lowest BCUT2D eigenvalue weighted by Gasteiger charge is -2.28. The van der Waals surface area contributed by atoms with E-state index in [9.17, 15) is 8.42 Å². The van der Waals surface area contributed by atoms with Gasteiger partial charge in [0.05, 0.1) is 28.2 Å². The highest BCUT2D eigenvalue weighted by molar-refractivity contribution is 7.89. The zero-order valence-corrected chi connectivity index (χ0v) is 13.6. The minimum absolute atomic E-state index is 0.146. The summed E-state index contributed by atoms with van der Waals surface area (Å²) < 4.78 is 34.1. The molecule has 2 aliphatic carbocycles. The van der Waals surface area contributed by atoms with E-state index in [0.29, 0.717) is 17.1 Å². The summed E-state index contributed by atoms with van der Waals surface area (Å²) in [7, 11) is -3.39. The van der Waals surface area contributed by atoms with Crippen LogP contribution in [0, 0.1) is 6.92 Å². The van der Waals surface area contributed by atoms with Gasteiger partial charge in [0.15, 0.2) is 0 Å². The summed E-state index contributed by atoms with van der Waals surface area (Å²) >= 11 is 0. The zero-order chi connectivity index (χ0) is 15.2. The van der Waals surface area contributed by atoms with Crippen molar-refractivity contribution in [1.82, 2.24) is 4.31 Å². The van der Waals surface area contributed by atoms with Crippen LogP contribution in [0.25, 0.3) is 0 Å². The van der Waals surface area contributed by atoms with Gasteiger partial charge in [0.1, 0.15) is 0 Å². The van der Waals surface area contributed by atoms with Gasteiger partial charge in [-0.05, 0) is 44.7 Å². The number of hydrogen-bond acceptors (Lipinski definition) is 3. The van der Waals surface area contributed by atoms with Crippen LogP contribution in [0.1, 0.15) is 44.1 Å². The molecule has 0 aromatic heterocycles. The summed E-state index contributed by atoms with van der Waals surface area (Å²) in [5, 5.41) is 0. The molecule has 0 spiro atoms. The van der Waals surface area contributed by atoms with Crippen LogP contribution in [-0.2, 0) is 14.8 Å². The van der Waals surface area contributed by atoms with Crippen molar-refractivity contribution in [1.29, 1.82) is 0 Å². The molecular formula is C17H21NO3S. The molecule has 1 aromatic rings. The monoisotopic (exact) mass is 319 g/mol. The summed E-state index contributed by atoms with van der Waals surface area (Å²) in [6.45, 7) is 1.98. The molecule has 1 aromatic carbocycles. The standard InChI is InChI=1S/C17H21NO3S/c1-12-4-6-13(7-5-12)22(19,20)18-16-8-2-3-9-17(16,18)11-15-14(10-16)21-15/h4-7,14-15H,2-3,8-11H2,1H3/t14-,15+,16-,17+,18?. The van der Waals surface area contributed by atoms with Crippen LogP contribution in [0.3, 0.4) is 0 Å². The molecule has 22 heavy (non-hydrogen) atoms. The number of fused-ring (bicyclic) bond motifs is 1. The fourth-order valence-corrected chi connectivity index (χ4v) is 7.51. The second kappa shape index (κ2) is 3.94. The van der Waals surface area contributed by atoms with E-state index in [1.807, 2.05) is 23.4 Å². The summed E-state index contributed by atoms with van der Waals surface area (Å²) in [4.78, 5) is 0.447. The first-order chi connectivity index (χ1) is 10.5. The molecule has 1 unspecified atom stereocenters. The van der Waals surface area contributed by atoms with Crippen LogP contribution in [0.2, 0.25) is 0 Å². The molecule has 5 heteroatoms. The zero-order valence-electron chi connectivity index (χ0n) is 12.8. The molecule has 118 valence electrons. The molecule has 2 heterocycles. The van der Waals surface area contributed by atoms with Gasteiger partial charge in [0, 0.05) is 0 Å². The van der Waals surface area contributed by atoms with Gasteiger partial charge < -0.3 is 4.74 Å². The van der Waals surface area contributed by atoms with Crippen molar-refractivity contribution in [2.24, 2.45) is 0 Å². The largest absolute Gasteiger partial charge is 0.369 e. The van der Waals surface area contributed by atoms with E-state index in [-0.39, 0.29) is 11.1 Å². The topological polar surface area (TPSA) is 49.7 Å². The Labute approximate surface area is 131 Å². The number of rotatable bonds is 2. The maximum atomic E-state index is 13.2. The Morgan fingerprint density at radius 1 is 1.05 bits per heavy atom. The fourth-order valence-electron chi connectivity index (χ4n) is 5.26. The van der Waals surface area contributed by atoms with Crippen LogP contribution in [-0.4, -0.2) is 36.0 Å². The van der Waals surface area contributed by atoms with Crippen molar-refractivity contribution < 1.29 is 13.2 Å². The predicted molar refractivity (Wildman–Crippen MR) is 82.0 cm³/mol. The molecule has 2 saturated heterocycles. The first kappa shape index (κ1) is 13.5. The van der Waals surface area contributed by atoms with Crippen LogP contribution in [0.5, 0.6) is 0 Å². The third kappa shape index (κ3) is 1.47. The number of aryl methyl sites for hydroxylation is 1. The molecule has 0 radical (unpaired) electrons. The Morgan fingerprint density at radius 3 is 2.14 bits per heavy atom. The van der Waals surface area contributed by atoms with E-state index in [2.05, 4.69) is 0 Å². The number of hydrogen-bond donors (Lipinski definition) is 0.